The van der Waals surface area contributed by atoms with Crippen molar-refractivity contribution < 1.29 is 23.8 Å². The van der Waals surface area contributed by atoms with Crippen LogP contribution in [-0.2, 0) is 16.1 Å². The number of thiazole rings is 1. The van der Waals surface area contributed by atoms with E-state index in [1.54, 1.807) is 24.3 Å². The van der Waals surface area contributed by atoms with E-state index in [4.69, 9.17) is 4.74 Å². The van der Waals surface area contributed by atoms with Crippen molar-refractivity contribution >= 4 is 50.9 Å². The fourth-order valence-electron chi connectivity index (χ4n) is 3.18. The number of rotatable bonds is 6. The summed E-state index contributed by atoms with van der Waals surface area (Å²) in [4.78, 5) is 31.0. The summed E-state index contributed by atoms with van der Waals surface area (Å²) in [5.41, 5.74) is 1.21. The molecule has 1 aliphatic rings. The summed E-state index contributed by atoms with van der Waals surface area (Å²) in [6.07, 6.45) is -0.285. The standard InChI is InChI=1S/C20H17FN2O4S2/c1-2-27-11-6-7-14-15(8-11)28-16(9-18(24)25)20(26)23(14)10-17-22-13-5-3-4-12(21)19(13)29-17/h3-8,16H,2,9-10H2,1H3,(H,24,25). The van der Waals surface area contributed by atoms with Crippen molar-refractivity contribution in [2.24, 2.45) is 0 Å². The van der Waals surface area contributed by atoms with E-state index >= 15 is 0 Å². The second kappa shape index (κ2) is 8.00. The van der Waals surface area contributed by atoms with E-state index in [1.165, 1.54) is 34.1 Å². The molecule has 9 heteroatoms. The maximum Gasteiger partial charge on any atom is 0.305 e. The van der Waals surface area contributed by atoms with E-state index in [2.05, 4.69) is 4.98 Å². The highest BCUT2D eigenvalue weighted by atomic mass is 32.2. The molecular formula is C20H17FN2O4S2. The van der Waals surface area contributed by atoms with Crippen LogP contribution >= 0.6 is 23.1 Å². The molecule has 0 spiro atoms. The first-order valence-corrected chi connectivity index (χ1v) is 10.7. The normalized spacial score (nSPS) is 16.1. The van der Waals surface area contributed by atoms with Gasteiger partial charge in [0, 0.05) is 4.90 Å². The lowest BCUT2D eigenvalue weighted by Gasteiger charge is -2.33. The Bertz CT molecular complexity index is 1100. The van der Waals surface area contributed by atoms with Crippen LogP contribution < -0.4 is 9.64 Å². The fourth-order valence-corrected chi connectivity index (χ4v) is 5.38. The molecule has 4 rings (SSSR count). The molecule has 0 radical (unpaired) electrons. The highest BCUT2D eigenvalue weighted by Gasteiger charge is 2.35. The molecule has 0 aliphatic carbocycles. The van der Waals surface area contributed by atoms with E-state index in [0.29, 0.717) is 33.3 Å². The third-order valence-electron chi connectivity index (χ3n) is 4.41. The molecule has 0 bridgehead atoms. The number of ether oxygens (including phenoxy) is 1. The first-order chi connectivity index (χ1) is 14.0. The van der Waals surface area contributed by atoms with Crippen molar-refractivity contribution in [3.05, 3.63) is 47.2 Å². The molecule has 150 valence electrons. The van der Waals surface area contributed by atoms with E-state index in [1.807, 2.05) is 13.0 Å². The highest BCUT2D eigenvalue weighted by Crippen LogP contribution is 2.43. The number of nitrogens with zero attached hydrogens (tertiary/aromatic N) is 2. The maximum atomic E-state index is 14.0. The lowest BCUT2D eigenvalue weighted by Crippen LogP contribution is -2.41. The van der Waals surface area contributed by atoms with Gasteiger partial charge in [0.05, 0.1) is 40.7 Å². The zero-order chi connectivity index (χ0) is 20.5. The Hall–Kier alpha value is -2.65. The lowest BCUT2D eigenvalue weighted by molar-refractivity contribution is -0.138. The lowest BCUT2D eigenvalue weighted by atomic mass is 10.2. The predicted octanol–water partition coefficient (Wildman–Crippen LogP) is 4.32. The van der Waals surface area contributed by atoms with Gasteiger partial charge in [-0.25, -0.2) is 9.37 Å². The molecule has 1 atom stereocenters. The Labute approximate surface area is 174 Å². The summed E-state index contributed by atoms with van der Waals surface area (Å²) in [6, 6.07) is 10.1. The van der Waals surface area contributed by atoms with Crippen LogP contribution in [0, 0.1) is 5.82 Å². The van der Waals surface area contributed by atoms with Crippen molar-refractivity contribution in [1.29, 1.82) is 0 Å². The molecule has 3 aromatic rings. The summed E-state index contributed by atoms with van der Waals surface area (Å²) in [7, 11) is 0. The number of anilines is 1. The Morgan fingerprint density at radius 2 is 2.17 bits per heavy atom. The molecular weight excluding hydrogens is 415 g/mol. The molecule has 29 heavy (non-hydrogen) atoms. The van der Waals surface area contributed by atoms with Crippen LogP contribution in [0.3, 0.4) is 0 Å². The van der Waals surface area contributed by atoms with Crippen molar-refractivity contribution in [2.45, 2.75) is 30.0 Å². The first-order valence-electron chi connectivity index (χ1n) is 8.97. The largest absolute Gasteiger partial charge is 0.494 e. The molecule has 0 saturated carbocycles. The van der Waals surface area contributed by atoms with Crippen LogP contribution in [0.25, 0.3) is 10.2 Å². The molecule has 6 nitrogen and oxygen atoms in total. The molecule has 1 aliphatic heterocycles. The second-order valence-electron chi connectivity index (χ2n) is 6.39. The van der Waals surface area contributed by atoms with Gasteiger partial charge in [0.2, 0.25) is 5.91 Å². The van der Waals surface area contributed by atoms with Gasteiger partial charge in [-0.05, 0) is 37.3 Å². The number of thioether (sulfide) groups is 1. The third-order valence-corrected chi connectivity index (χ3v) is 6.71. The van der Waals surface area contributed by atoms with Gasteiger partial charge in [0.15, 0.2) is 0 Å². The topological polar surface area (TPSA) is 79.7 Å². The number of hydrogen-bond acceptors (Lipinski definition) is 6. The maximum absolute atomic E-state index is 14.0. The number of aliphatic carboxylic acids is 1. The van der Waals surface area contributed by atoms with Gasteiger partial charge >= 0.3 is 5.97 Å². The number of carboxylic acid groups (broad SMARTS) is 1. The van der Waals surface area contributed by atoms with Gasteiger partial charge in [-0.1, -0.05) is 6.07 Å². The number of amides is 1. The summed E-state index contributed by atoms with van der Waals surface area (Å²) in [6.45, 7) is 2.53. The number of aromatic nitrogens is 1. The molecule has 1 unspecified atom stereocenters. The number of hydrogen-bond donors (Lipinski definition) is 1. The number of carbonyl (C=O) groups excluding carboxylic acids is 1. The monoisotopic (exact) mass is 432 g/mol. The Balaban J connectivity index is 1.72. The number of fused-ring (bicyclic) bond motifs is 2. The van der Waals surface area contributed by atoms with Crippen LogP contribution in [-0.4, -0.2) is 33.8 Å². The van der Waals surface area contributed by atoms with Crippen LogP contribution in [0.15, 0.2) is 41.3 Å². The zero-order valence-corrected chi connectivity index (χ0v) is 17.1. The summed E-state index contributed by atoms with van der Waals surface area (Å²) in [5.74, 6) is -1.03. The van der Waals surface area contributed by atoms with Crippen molar-refractivity contribution in [1.82, 2.24) is 4.98 Å². The third kappa shape index (κ3) is 3.92. The highest BCUT2D eigenvalue weighted by molar-refractivity contribution is 8.01. The number of carbonyl (C=O) groups is 2. The second-order valence-corrected chi connectivity index (χ2v) is 8.72. The van der Waals surface area contributed by atoms with Crippen molar-refractivity contribution in [2.75, 3.05) is 11.5 Å². The van der Waals surface area contributed by atoms with Gasteiger partial charge in [-0.3, -0.25) is 9.59 Å². The molecule has 2 heterocycles. The minimum atomic E-state index is -1.04. The van der Waals surface area contributed by atoms with Crippen LogP contribution in [0.4, 0.5) is 10.1 Å². The van der Waals surface area contributed by atoms with Gasteiger partial charge in [0.25, 0.3) is 0 Å². The number of benzene rings is 2. The first kappa shape index (κ1) is 19.7. The average molecular weight is 432 g/mol. The van der Waals surface area contributed by atoms with Gasteiger partial charge in [-0.2, -0.15) is 0 Å². The van der Waals surface area contributed by atoms with Gasteiger partial charge in [0.1, 0.15) is 16.6 Å². The predicted molar refractivity (Wildman–Crippen MR) is 110 cm³/mol. The smallest absolute Gasteiger partial charge is 0.305 e. The summed E-state index contributed by atoms with van der Waals surface area (Å²) in [5, 5.41) is 9.05. The molecule has 1 N–H and O–H groups in total. The van der Waals surface area contributed by atoms with E-state index in [0.717, 1.165) is 4.90 Å². The number of halogens is 1. The van der Waals surface area contributed by atoms with Crippen molar-refractivity contribution in [3.63, 3.8) is 0 Å². The van der Waals surface area contributed by atoms with Gasteiger partial charge in [-0.15, -0.1) is 23.1 Å². The minimum Gasteiger partial charge on any atom is -0.494 e. The van der Waals surface area contributed by atoms with Crippen LogP contribution in [0.2, 0.25) is 0 Å². The molecule has 1 amide bonds. The van der Waals surface area contributed by atoms with E-state index in [-0.39, 0.29) is 24.7 Å². The SMILES string of the molecule is CCOc1ccc2c(c1)SC(CC(=O)O)C(=O)N2Cc1nc2cccc(F)c2s1. The summed E-state index contributed by atoms with van der Waals surface area (Å²) >= 11 is 2.42. The van der Waals surface area contributed by atoms with Gasteiger partial charge < -0.3 is 14.7 Å². The summed E-state index contributed by atoms with van der Waals surface area (Å²) < 4.78 is 20.0. The van der Waals surface area contributed by atoms with Crippen molar-refractivity contribution in [3.8, 4) is 5.75 Å². The van der Waals surface area contributed by atoms with E-state index < -0.39 is 11.2 Å². The molecule has 2 aromatic carbocycles. The van der Waals surface area contributed by atoms with Crippen LogP contribution in [0.5, 0.6) is 5.75 Å². The Morgan fingerprint density at radius 1 is 1.34 bits per heavy atom. The zero-order valence-electron chi connectivity index (χ0n) is 15.4. The number of carboxylic acids is 1. The Morgan fingerprint density at radius 3 is 2.90 bits per heavy atom. The fraction of sp³-hybridized carbons (Fsp3) is 0.250. The van der Waals surface area contributed by atoms with Crippen LogP contribution in [0.1, 0.15) is 18.4 Å². The average Bonchev–Trinajstić information content (AvgIpc) is 3.09. The quantitative estimate of drug-likeness (QED) is 0.625. The molecule has 0 saturated heterocycles. The molecule has 1 aromatic heterocycles. The van der Waals surface area contributed by atoms with E-state index in [9.17, 15) is 19.1 Å². The molecule has 0 fully saturated rings. The minimum absolute atomic E-state index is 0.148. The Kier molecular flexibility index (Phi) is 5.42.